The lowest BCUT2D eigenvalue weighted by Crippen LogP contribution is -2.43. The zero-order chi connectivity index (χ0) is 38.0. The molecule has 0 aliphatic carbocycles. The fraction of sp³-hybridized carbons (Fsp3) is 0.351. The van der Waals surface area contributed by atoms with Gasteiger partial charge in [0.25, 0.3) is 0 Å². The Labute approximate surface area is 311 Å². The molecule has 280 valence electrons. The van der Waals surface area contributed by atoms with Crippen molar-refractivity contribution in [1.29, 1.82) is 0 Å². The smallest absolute Gasteiger partial charge is 0.407 e. The molecule has 10 nitrogen and oxygen atoms in total. The van der Waals surface area contributed by atoms with Crippen LogP contribution in [0.15, 0.2) is 91.1 Å². The van der Waals surface area contributed by atoms with Crippen molar-refractivity contribution in [2.45, 2.75) is 48.7 Å². The van der Waals surface area contributed by atoms with E-state index in [1.54, 1.807) is 18.2 Å². The number of nitrogens with zero attached hydrogens (tertiary/aromatic N) is 1. The molecular formula is C37H37ClF4N4O6Si. The Morgan fingerprint density at radius 3 is 2.55 bits per heavy atom. The number of carbonyl (C=O) groups is 1. The number of fused-ring (bicyclic) bond motifs is 1. The Morgan fingerprint density at radius 2 is 1.87 bits per heavy atom. The van der Waals surface area contributed by atoms with Crippen LogP contribution in [0.3, 0.4) is 0 Å². The van der Waals surface area contributed by atoms with Gasteiger partial charge in [-0.2, -0.15) is 13.2 Å². The number of pyridine rings is 1. The highest BCUT2D eigenvalue weighted by atomic mass is 35.5. The number of anilines is 1. The van der Waals surface area contributed by atoms with Crippen LogP contribution in [-0.4, -0.2) is 72.6 Å². The van der Waals surface area contributed by atoms with Crippen molar-refractivity contribution in [1.82, 2.24) is 15.6 Å². The normalized spacial score (nSPS) is 17.4. The highest BCUT2D eigenvalue weighted by Gasteiger charge is 2.33. The van der Waals surface area contributed by atoms with Crippen molar-refractivity contribution >= 4 is 32.9 Å². The van der Waals surface area contributed by atoms with E-state index in [0.717, 1.165) is 17.3 Å². The molecule has 3 heterocycles. The number of carbonyl (C=O) groups excluding carboxylic acids is 1. The first-order valence-corrected chi connectivity index (χ1v) is 18.1. The van der Waals surface area contributed by atoms with Gasteiger partial charge in [0, 0.05) is 22.0 Å². The zero-order valence-electron chi connectivity index (χ0n) is 28.7. The minimum atomic E-state index is -4.41. The van der Waals surface area contributed by atoms with Crippen LogP contribution in [0.2, 0.25) is 16.6 Å². The monoisotopic (exact) mass is 772 g/mol. The van der Waals surface area contributed by atoms with E-state index in [1.807, 2.05) is 24.3 Å². The van der Waals surface area contributed by atoms with Crippen LogP contribution in [0.5, 0.6) is 11.5 Å². The first-order valence-electron chi connectivity index (χ1n) is 16.4. The standard InChI is InChI=1S/C37H37ClF4N4O6Si/c1-4-29(35(46-36(47)48-3)34(22-6-9-24(38)10-7-22)23-8-13-31-32(14-23)52-21-51-31)45-30-16-43-15-28(39)27(30)12-11-25-19-53-26(17-49-25)18-50-33(5-2)44-20-37(40,41)42/h6-10,13-16,25-26,34-35,44-45H,1-2,11-12,17-21H2,3H3,(H,46,47)/t25-,26+,34+,35-/m1/s1. The Balaban J connectivity index is 1.31. The van der Waals surface area contributed by atoms with Crippen LogP contribution < -0.4 is 25.4 Å². The van der Waals surface area contributed by atoms with E-state index in [9.17, 15) is 18.0 Å². The van der Waals surface area contributed by atoms with E-state index in [2.05, 4.69) is 45.6 Å². The molecule has 0 unspecified atom stereocenters. The fourth-order valence-corrected chi connectivity index (χ4v) is 7.32. The summed E-state index contributed by atoms with van der Waals surface area (Å²) < 4.78 is 80.8. The maximum atomic E-state index is 15.5. The van der Waals surface area contributed by atoms with Gasteiger partial charge in [0.1, 0.15) is 12.4 Å². The van der Waals surface area contributed by atoms with Crippen LogP contribution >= 0.6 is 11.6 Å². The number of alkyl halides is 3. The predicted molar refractivity (Wildman–Crippen MR) is 191 cm³/mol. The van der Waals surface area contributed by atoms with Gasteiger partial charge in [0.15, 0.2) is 11.5 Å². The van der Waals surface area contributed by atoms with E-state index < -0.39 is 36.6 Å². The molecule has 3 N–H and O–H groups in total. The minimum Gasteiger partial charge on any atom is -0.473 e. The lowest BCUT2D eigenvalue weighted by molar-refractivity contribution is -0.125. The van der Waals surface area contributed by atoms with Crippen molar-refractivity contribution in [2.75, 3.05) is 39.0 Å². The maximum Gasteiger partial charge on any atom is 0.407 e. The number of alkyl carbamates (subject to hydrolysis) is 1. The second kappa shape index (κ2) is 18.2. The lowest BCUT2D eigenvalue weighted by Gasteiger charge is -2.31. The van der Waals surface area contributed by atoms with Gasteiger partial charge in [-0.1, -0.05) is 48.7 Å². The molecule has 0 saturated carbocycles. The number of hydrogen-bond acceptors (Lipinski definition) is 9. The third kappa shape index (κ3) is 10.8. The maximum absolute atomic E-state index is 15.5. The molecule has 0 spiro atoms. The lowest BCUT2D eigenvalue weighted by atomic mass is 9.83. The van der Waals surface area contributed by atoms with Gasteiger partial charge >= 0.3 is 12.3 Å². The van der Waals surface area contributed by atoms with Crippen molar-refractivity contribution in [3.63, 3.8) is 0 Å². The highest BCUT2D eigenvalue weighted by Crippen LogP contribution is 2.39. The van der Waals surface area contributed by atoms with E-state index >= 15 is 4.39 Å². The van der Waals surface area contributed by atoms with Gasteiger partial charge in [0.05, 0.1) is 65.8 Å². The summed E-state index contributed by atoms with van der Waals surface area (Å²) >= 11 is 6.24. The number of nitrogens with one attached hydrogen (secondary N) is 3. The number of halogens is 5. The van der Waals surface area contributed by atoms with E-state index in [4.69, 9.17) is 35.3 Å². The number of hydrogen-bond donors (Lipinski definition) is 3. The summed E-state index contributed by atoms with van der Waals surface area (Å²) in [6.45, 7) is 6.55. The van der Waals surface area contributed by atoms with Crippen LogP contribution in [-0.2, 0) is 20.6 Å². The molecule has 3 aromatic rings. The molecule has 5 rings (SSSR count). The molecule has 2 aliphatic rings. The van der Waals surface area contributed by atoms with Crippen molar-refractivity contribution < 1.29 is 46.0 Å². The Bertz CT molecular complexity index is 1850. The Kier molecular flexibility index (Phi) is 13.5. The van der Waals surface area contributed by atoms with Gasteiger partial charge < -0.3 is 39.6 Å². The summed E-state index contributed by atoms with van der Waals surface area (Å²) in [4.78, 5) is 16.9. The highest BCUT2D eigenvalue weighted by molar-refractivity contribution is 6.38. The molecule has 2 aromatic carbocycles. The SMILES string of the molecule is C=C=C(NCC(F)(F)F)OC[C@@H]1CO[C@H](CCc2c(F)cncc2NC(=C=C)[C@@H](NC(=O)OC)[C@@H](c2ccc(Cl)cc2)c2ccc3c(c2)OCO3)C[Si]1. The molecule has 4 atom stereocenters. The molecule has 2 radical (unpaired) electrons. The number of benzene rings is 2. The van der Waals surface area contributed by atoms with E-state index in [-0.39, 0.29) is 37.3 Å². The summed E-state index contributed by atoms with van der Waals surface area (Å²) in [5.74, 6) is -0.172. The second-order valence-electron chi connectivity index (χ2n) is 12.0. The second-order valence-corrected chi connectivity index (χ2v) is 14.1. The zero-order valence-corrected chi connectivity index (χ0v) is 30.4. The largest absolute Gasteiger partial charge is 0.473 e. The van der Waals surface area contributed by atoms with Crippen molar-refractivity contribution in [3.8, 4) is 11.5 Å². The van der Waals surface area contributed by atoms with Crippen LogP contribution in [0.1, 0.15) is 29.0 Å². The average molecular weight is 773 g/mol. The fourth-order valence-electron chi connectivity index (χ4n) is 5.86. The van der Waals surface area contributed by atoms with Gasteiger partial charge in [-0.25, -0.2) is 9.18 Å². The predicted octanol–water partition coefficient (Wildman–Crippen LogP) is 7.28. The van der Waals surface area contributed by atoms with Crippen molar-refractivity contribution in [2.24, 2.45) is 0 Å². The summed E-state index contributed by atoms with van der Waals surface area (Å²) in [5.41, 5.74) is 7.72. The quantitative estimate of drug-likeness (QED) is 0.0636. The van der Waals surface area contributed by atoms with Gasteiger partial charge in [0.2, 0.25) is 12.7 Å². The van der Waals surface area contributed by atoms with E-state index in [0.29, 0.717) is 62.1 Å². The number of methoxy groups -OCH3 is 1. The van der Waals surface area contributed by atoms with Gasteiger partial charge in [-0.15, -0.1) is 5.73 Å². The number of amides is 1. The first-order chi connectivity index (χ1) is 25.5. The van der Waals surface area contributed by atoms with Crippen LogP contribution in [0, 0.1) is 5.82 Å². The summed E-state index contributed by atoms with van der Waals surface area (Å²) in [5, 5.41) is 8.80. The molecule has 1 fully saturated rings. The summed E-state index contributed by atoms with van der Waals surface area (Å²) in [6, 6.07) is 12.4. The molecule has 2 aliphatic heterocycles. The van der Waals surface area contributed by atoms with Crippen LogP contribution in [0.25, 0.3) is 0 Å². The minimum absolute atomic E-state index is 0.0324. The molecule has 53 heavy (non-hydrogen) atoms. The molecule has 1 aromatic heterocycles. The number of rotatable bonds is 15. The van der Waals surface area contributed by atoms with Gasteiger partial charge in [-0.3, -0.25) is 4.98 Å². The topological polar surface area (TPSA) is 112 Å². The van der Waals surface area contributed by atoms with Gasteiger partial charge in [-0.05, 0) is 54.3 Å². The molecule has 1 amide bonds. The number of aromatic nitrogens is 1. The van der Waals surface area contributed by atoms with E-state index in [1.165, 1.54) is 13.3 Å². The third-order valence-electron chi connectivity index (χ3n) is 8.48. The third-order valence-corrected chi connectivity index (χ3v) is 10.3. The first kappa shape index (κ1) is 39.3. The molecular weight excluding hydrogens is 736 g/mol. The number of ether oxygens (including phenoxy) is 5. The molecule has 0 bridgehead atoms. The average Bonchev–Trinajstić information content (AvgIpc) is 3.62. The summed E-state index contributed by atoms with van der Waals surface area (Å²) in [6.07, 6.45) is -1.96. The molecule has 1 saturated heterocycles. The van der Waals surface area contributed by atoms with Crippen LogP contribution in [0.4, 0.5) is 28.0 Å². The summed E-state index contributed by atoms with van der Waals surface area (Å²) in [7, 11) is 1.65. The Morgan fingerprint density at radius 1 is 1.11 bits per heavy atom. The Hall–Kier alpha value is -4.91. The molecule has 16 heteroatoms. The van der Waals surface area contributed by atoms with Crippen molar-refractivity contribution in [3.05, 3.63) is 119 Å².